The highest BCUT2D eigenvalue weighted by Crippen LogP contribution is 2.25. The minimum Gasteiger partial charge on any atom is -0.340 e. The summed E-state index contributed by atoms with van der Waals surface area (Å²) in [6.07, 6.45) is 7.35. The minimum absolute atomic E-state index is 0.211. The van der Waals surface area contributed by atoms with Crippen LogP contribution in [0.15, 0.2) is 49.2 Å². The molecule has 0 aliphatic carbocycles. The fourth-order valence-corrected chi connectivity index (χ4v) is 2.17. The van der Waals surface area contributed by atoms with Crippen molar-refractivity contribution in [2.24, 2.45) is 12.8 Å². The van der Waals surface area contributed by atoms with Crippen molar-refractivity contribution in [1.82, 2.24) is 14.5 Å². The second kappa shape index (κ2) is 4.23. The van der Waals surface area contributed by atoms with Gasteiger partial charge < -0.3 is 10.3 Å². The number of pyridine rings is 1. The number of fused-ring (bicyclic) bond motifs is 1. The third-order valence-electron chi connectivity index (χ3n) is 3.09. The van der Waals surface area contributed by atoms with Crippen LogP contribution in [0.4, 0.5) is 0 Å². The molecule has 4 heteroatoms. The van der Waals surface area contributed by atoms with Gasteiger partial charge in [0.2, 0.25) is 0 Å². The van der Waals surface area contributed by atoms with Crippen LogP contribution in [0.2, 0.25) is 0 Å². The summed E-state index contributed by atoms with van der Waals surface area (Å²) >= 11 is 0. The van der Waals surface area contributed by atoms with Gasteiger partial charge >= 0.3 is 0 Å². The molecule has 0 saturated carbocycles. The highest BCUT2D eigenvalue weighted by molar-refractivity contribution is 5.85. The first kappa shape index (κ1) is 10.9. The van der Waals surface area contributed by atoms with Crippen LogP contribution in [0.1, 0.15) is 17.3 Å². The van der Waals surface area contributed by atoms with Crippen LogP contribution in [-0.4, -0.2) is 14.5 Å². The van der Waals surface area contributed by atoms with Gasteiger partial charge in [-0.2, -0.15) is 0 Å². The van der Waals surface area contributed by atoms with Crippen LogP contribution in [0.5, 0.6) is 0 Å². The molecule has 2 aromatic heterocycles. The SMILES string of the molecule is Cn1cnc(C(N)c2cccc3cnccc23)c1. The molecule has 90 valence electrons. The van der Waals surface area contributed by atoms with E-state index >= 15 is 0 Å². The summed E-state index contributed by atoms with van der Waals surface area (Å²) in [4.78, 5) is 8.45. The van der Waals surface area contributed by atoms with E-state index in [-0.39, 0.29) is 6.04 Å². The van der Waals surface area contributed by atoms with Crippen molar-refractivity contribution in [2.75, 3.05) is 0 Å². The van der Waals surface area contributed by atoms with E-state index in [1.807, 2.05) is 48.3 Å². The second-order valence-electron chi connectivity index (χ2n) is 4.39. The van der Waals surface area contributed by atoms with Crippen LogP contribution in [-0.2, 0) is 7.05 Å². The van der Waals surface area contributed by atoms with Crippen molar-refractivity contribution in [3.05, 3.63) is 60.4 Å². The van der Waals surface area contributed by atoms with Gasteiger partial charge in [-0.3, -0.25) is 4.98 Å². The Morgan fingerprint density at radius 2 is 2.17 bits per heavy atom. The number of imidazole rings is 1. The first-order valence-corrected chi connectivity index (χ1v) is 5.82. The average molecular weight is 238 g/mol. The van der Waals surface area contributed by atoms with E-state index in [2.05, 4.69) is 9.97 Å². The molecule has 1 aromatic carbocycles. The molecule has 18 heavy (non-hydrogen) atoms. The molecule has 0 fully saturated rings. The first-order chi connectivity index (χ1) is 8.75. The number of hydrogen-bond acceptors (Lipinski definition) is 3. The van der Waals surface area contributed by atoms with Crippen molar-refractivity contribution >= 4 is 10.8 Å². The summed E-state index contributed by atoms with van der Waals surface area (Å²) in [6.45, 7) is 0. The number of benzene rings is 1. The lowest BCUT2D eigenvalue weighted by Gasteiger charge is -2.12. The molecule has 0 spiro atoms. The minimum atomic E-state index is -0.211. The molecule has 2 N–H and O–H groups in total. The number of aromatic nitrogens is 3. The molecule has 0 radical (unpaired) electrons. The molecule has 0 amide bonds. The quantitative estimate of drug-likeness (QED) is 0.743. The highest BCUT2D eigenvalue weighted by Gasteiger charge is 2.14. The Morgan fingerprint density at radius 1 is 1.28 bits per heavy atom. The van der Waals surface area contributed by atoms with Gasteiger partial charge in [0.15, 0.2) is 0 Å². The van der Waals surface area contributed by atoms with Crippen LogP contribution < -0.4 is 5.73 Å². The van der Waals surface area contributed by atoms with Crippen LogP contribution in [0.25, 0.3) is 10.8 Å². The lowest BCUT2D eigenvalue weighted by Crippen LogP contribution is -2.12. The summed E-state index contributed by atoms with van der Waals surface area (Å²) < 4.78 is 1.90. The molecule has 0 aliphatic rings. The van der Waals surface area contributed by atoms with E-state index in [0.717, 1.165) is 22.0 Å². The van der Waals surface area contributed by atoms with Gasteiger partial charge in [-0.25, -0.2) is 4.98 Å². The van der Waals surface area contributed by atoms with Crippen molar-refractivity contribution in [3.63, 3.8) is 0 Å². The standard InChI is InChI=1S/C14H14N4/c1-18-8-13(17-9-18)14(15)12-4-2-3-10-7-16-6-5-11(10)12/h2-9,14H,15H2,1H3. The van der Waals surface area contributed by atoms with E-state index in [0.29, 0.717) is 0 Å². The summed E-state index contributed by atoms with van der Waals surface area (Å²) in [5, 5.41) is 2.23. The monoisotopic (exact) mass is 238 g/mol. The van der Waals surface area contributed by atoms with Crippen LogP contribution in [0, 0.1) is 0 Å². The number of nitrogens with two attached hydrogens (primary N) is 1. The zero-order valence-corrected chi connectivity index (χ0v) is 10.1. The van der Waals surface area contributed by atoms with E-state index < -0.39 is 0 Å². The predicted octanol–water partition coefficient (Wildman–Crippen LogP) is 2.02. The predicted molar refractivity (Wildman–Crippen MR) is 71.0 cm³/mol. The van der Waals surface area contributed by atoms with Crippen molar-refractivity contribution in [1.29, 1.82) is 0 Å². The fourth-order valence-electron chi connectivity index (χ4n) is 2.17. The Kier molecular flexibility index (Phi) is 2.57. The van der Waals surface area contributed by atoms with Gasteiger partial charge in [0.25, 0.3) is 0 Å². The molecule has 0 aliphatic heterocycles. The maximum atomic E-state index is 6.30. The fraction of sp³-hybridized carbons (Fsp3) is 0.143. The molecule has 4 nitrogen and oxygen atoms in total. The average Bonchev–Trinajstić information content (AvgIpc) is 2.84. The normalized spacial score (nSPS) is 12.8. The molecule has 3 rings (SSSR count). The largest absolute Gasteiger partial charge is 0.340 e. The molecule has 2 heterocycles. The van der Waals surface area contributed by atoms with Crippen molar-refractivity contribution in [3.8, 4) is 0 Å². The zero-order chi connectivity index (χ0) is 12.5. The van der Waals surface area contributed by atoms with E-state index in [4.69, 9.17) is 5.73 Å². The molecular weight excluding hydrogens is 224 g/mol. The molecule has 3 aromatic rings. The molecular formula is C14H14N4. The maximum absolute atomic E-state index is 6.30. The number of rotatable bonds is 2. The van der Waals surface area contributed by atoms with Gasteiger partial charge in [0, 0.05) is 31.0 Å². The Bertz CT molecular complexity index is 682. The third-order valence-corrected chi connectivity index (χ3v) is 3.09. The topological polar surface area (TPSA) is 56.7 Å². The van der Waals surface area contributed by atoms with E-state index in [1.54, 1.807) is 12.5 Å². The van der Waals surface area contributed by atoms with Crippen LogP contribution >= 0.6 is 0 Å². The van der Waals surface area contributed by atoms with Gasteiger partial charge in [-0.1, -0.05) is 18.2 Å². The lowest BCUT2D eigenvalue weighted by atomic mass is 9.99. The zero-order valence-electron chi connectivity index (χ0n) is 10.1. The van der Waals surface area contributed by atoms with E-state index in [9.17, 15) is 0 Å². The Morgan fingerprint density at radius 3 is 2.94 bits per heavy atom. The van der Waals surface area contributed by atoms with Gasteiger partial charge in [0.1, 0.15) is 0 Å². The maximum Gasteiger partial charge on any atom is 0.0947 e. The van der Waals surface area contributed by atoms with Gasteiger partial charge in [0.05, 0.1) is 18.1 Å². The molecule has 1 atom stereocenters. The Hall–Kier alpha value is -2.20. The second-order valence-corrected chi connectivity index (χ2v) is 4.39. The van der Waals surface area contributed by atoms with Crippen molar-refractivity contribution < 1.29 is 0 Å². The number of hydrogen-bond donors (Lipinski definition) is 1. The van der Waals surface area contributed by atoms with Gasteiger partial charge in [-0.15, -0.1) is 0 Å². The lowest BCUT2D eigenvalue weighted by molar-refractivity contribution is 0.842. The molecule has 1 unspecified atom stereocenters. The van der Waals surface area contributed by atoms with Crippen molar-refractivity contribution in [2.45, 2.75) is 6.04 Å². The molecule has 0 bridgehead atoms. The number of aryl methyl sites for hydroxylation is 1. The first-order valence-electron chi connectivity index (χ1n) is 5.82. The summed E-state index contributed by atoms with van der Waals surface area (Å²) in [6, 6.07) is 7.87. The van der Waals surface area contributed by atoms with Crippen LogP contribution in [0.3, 0.4) is 0 Å². The summed E-state index contributed by atoms with van der Waals surface area (Å²) in [7, 11) is 1.94. The highest BCUT2D eigenvalue weighted by atomic mass is 15.0. The molecule has 0 saturated heterocycles. The van der Waals surface area contributed by atoms with E-state index in [1.165, 1.54) is 0 Å². The smallest absolute Gasteiger partial charge is 0.0947 e. The number of nitrogens with zero attached hydrogens (tertiary/aromatic N) is 3. The van der Waals surface area contributed by atoms with Gasteiger partial charge in [-0.05, 0) is 17.0 Å². The summed E-state index contributed by atoms with van der Waals surface area (Å²) in [5.74, 6) is 0. The Labute approximate surface area is 105 Å². The summed E-state index contributed by atoms with van der Waals surface area (Å²) in [5.41, 5.74) is 8.25. The Balaban J connectivity index is 2.14. The third kappa shape index (κ3) is 1.76.